The molecule has 0 spiro atoms. The molecule has 100 valence electrons. The number of benzene rings is 1. The first kappa shape index (κ1) is 14.0. The Morgan fingerprint density at radius 2 is 2.11 bits per heavy atom. The minimum Gasteiger partial charge on any atom is -0.368 e. The van der Waals surface area contributed by atoms with Gasteiger partial charge in [0.1, 0.15) is 11.8 Å². The van der Waals surface area contributed by atoms with E-state index in [1.807, 2.05) is 37.3 Å². The van der Waals surface area contributed by atoms with Crippen molar-refractivity contribution in [2.45, 2.75) is 19.6 Å². The number of aromatic nitrogens is 2. The molecule has 1 heterocycles. The van der Waals surface area contributed by atoms with Gasteiger partial charge in [0.15, 0.2) is 0 Å². The lowest BCUT2D eigenvalue weighted by Gasteiger charge is -2.15. The van der Waals surface area contributed by atoms with Crippen molar-refractivity contribution in [1.82, 2.24) is 9.78 Å². The lowest BCUT2D eigenvalue weighted by Crippen LogP contribution is -2.19. The molecular formula is C14H15BrN2O2. The van der Waals surface area contributed by atoms with Crippen molar-refractivity contribution in [2.24, 2.45) is 0 Å². The highest BCUT2D eigenvalue weighted by Crippen LogP contribution is 2.26. The Balaban J connectivity index is 2.39. The average molecular weight is 323 g/mol. The molecule has 2 rings (SSSR count). The molecule has 0 amide bonds. The molecule has 19 heavy (non-hydrogen) atoms. The third-order valence-electron chi connectivity index (χ3n) is 2.90. The van der Waals surface area contributed by atoms with Gasteiger partial charge in [-0.3, -0.25) is 9.48 Å². The number of carbonyl (C=O) groups excluding carboxylic acids is 1. The number of nitrogens with zero attached hydrogens (tertiary/aromatic N) is 2. The van der Waals surface area contributed by atoms with Gasteiger partial charge >= 0.3 is 0 Å². The van der Waals surface area contributed by atoms with Gasteiger partial charge in [-0.15, -0.1) is 0 Å². The summed E-state index contributed by atoms with van der Waals surface area (Å²) in [5, 5.41) is 4.16. The first-order valence-electron chi connectivity index (χ1n) is 6.02. The fourth-order valence-corrected chi connectivity index (χ4v) is 2.49. The number of rotatable bonds is 5. The largest absolute Gasteiger partial charge is 0.368 e. The van der Waals surface area contributed by atoms with E-state index in [1.165, 1.54) is 7.11 Å². The molecule has 0 N–H and O–H groups in total. The van der Waals surface area contributed by atoms with Crippen molar-refractivity contribution < 1.29 is 9.53 Å². The van der Waals surface area contributed by atoms with Crippen LogP contribution in [0.25, 0.3) is 0 Å². The molecule has 2 aromatic rings. The van der Waals surface area contributed by atoms with Crippen LogP contribution in [0.5, 0.6) is 0 Å². The van der Waals surface area contributed by atoms with Gasteiger partial charge in [0.05, 0.1) is 10.7 Å². The van der Waals surface area contributed by atoms with Crippen LogP contribution >= 0.6 is 15.9 Å². The maximum atomic E-state index is 12.6. The lowest BCUT2D eigenvalue weighted by atomic mass is 10.0. The standard InChI is InChI=1S/C14H15BrN2O2/c1-3-17-12(11(15)9-16-17)13(18)14(19-2)10-7-5-4-6-8-10/h4-9,14H,3H2,1-2H3. The molecule has 4 nitrogen and oxygen atoms in total. The third-order valence-corrected chi connectivity index (χ3v) is 3.48. The number of aryl methyl sites for hydroxylation is 1. The van der Waals surface area contributed by atoms with Gasteiger partial charge in [-0.1, -0.05) is 30.3 Å². The van der Waals surface area contributed by atoms with Gasteiger partial charge in [0.25, 0.3) is 0 Å². The van der Waals surface area contributed by atoms with Crippen LogP contribution in [0.3, 0.4) is 0 Å². The zero-order chi connectivity index (χ0) is 13.8. The normalized spacial score (nSPS) is 12.4. The molecule has 1 aromatic carbocycles. The average Bonchev–Trinajstić information content (AvgIpc) is 2.81. The SMILES string of the molecule is CCn1ncc(Br)c1C(=O)C(OC)c1ccccc1. The molecule has 0 saturated heterocycles. The molecule has 0 saturated carbocycles. The van der Waals surface area contributed by atoms with E-state index in [2.05, 4.69) is 21.0 Å². The van der Waals surface area contributed by atoms with Crippen molar-refractivity contribution in [3.8, 4) is 0 Å². The van der Waals surface area contributed by atoms with Crippen LogP contribution in [0.15, 0.2) is 41.0 Å². The maximum absolute atomic E-state index is 12.6. The van der Waals surface area contributed by atoms with Crippen LogP contribution in [0.4, 0.5) is 0 Å². The molecule has 0 aliphatic carbocycles. The van der Waals surface area contributed by atoms with Crippen LogP contribution in [0, 0.1) is 0 Å². The second-order valence-corrected chi connectivity index (χ2v) is 4.90. The molecule has 1 unspecified atom stereocenters. The zero-order valence-electron chi connectivity index (χ0n) is 10.8. The smallest absolute Gasteiger partial charge is 0.215 e. The summed E-state index contributed by atoms with van der Waals surface area (Å²) < 4.78 is 7.72. The Kier molecular flexibility index (Phi) is 4.50. The van der Waals surface area contributed by atoms with Crippen LogP contribution < -0.4 is 0 Å². The summed E-state index contributed by atoms with van der Waals surface area (Å²) in [6.45, 7) is 2.58. The van der Waals surface area contributed by atoms with Crippen LogP contribution in [-0.2, 0) is 11.3 Å². The second kappa shape index (κ2) is 6.12. The summed E-state index contributed by atoms with van der Waals surface area (Å²) in [4.78, 5) is 12.6. The van der Waals surface area contributed by atoms with Gasteiger partial charge in [-0.05, 0) is 28.4 Å². The molecule has 5 heteroatoms. The van der Waals surface area contributed by atoms with Crippen molar-refractivity contribution >= 4 is 21.7 Å². The monoisotopic (exact) mass is 322 g/mol. The molecule has 0 aliphatic rings. The van der Waals surface area contributed by atoms with E-state index in [-0.39, 0.29) is 5.78 Å². The van der Waals surface area contributed by atoms with Gasteiger partial charge in [-0.25, -0.2) is 0 Å². The number of hydrogen-bond donors (Lipinski definition) is 0. The highest BCUT2D eigenvalue weighted by molar-refractivity contribution is 9.10. The number of ether oxygens (including phenoxy) is 1. The second-order valence-electron chi connectivity index (χ2n) is 4.05. The highest BCUT2D eigenvalue weighted by atomic mass is 79.9. The summed E-state index contributed by atoms with van der Waals surface area (Å²) in [6, 6.07) is 9.45. The third kappa shape index (κ3) is 2.77. The van der Waals surface area contributed by atoms with Crippen molar-refractivity contribution in [2.75, 3.05) is 7.11 Å². The number of Topliss-reactive ketones (excluding diaryl/α,β-unsaturated/α-hetero) is 1. The zero-order valence-corrected chi connectivity index (χ0v) is 12.4. The topological polar surface area (TPSA) is 44.1 Å². The maximum Gasteiger partial charge on any atom is 0.215 e. The Morgan fingerprint density at radius 1 is 1.42 bits per heavy atom. The van der Waals surface area contributed by atoms with Gasteiger partial charge in [0.2, 0.25) is 5.78 Å². The summed E-state index contributed by atoms with van der Waals surface area (Å²) in [5.41, 5.74) is 1.38. The number of methoxy groups -OCH3 is 1. The van der Waals surface area contributed by atoms with E-state index in [1.54, 1.807) is 10.9 Å². The predicted octanol–water partition coefficient (Wildman–Crippen LogP) is 3.24. The molecule has 0 radical (unpaired) electrons. The van der Waals surface area contributed by atoms with Gasteiger partial charge < -0.3 is 4.74 Å². The Labute approximate surface area is 120 Å². The lowest BCUT2D eigenvalue weighted by molar-refractivity contribution is 0.0592. The first-order chi connectivity index (χ1) is 9.19. The molecule has 0 fully saturated rings. The predicted molar refractivity (Wildman–Crippen MR) is 76.1 cm³/mol. The van der Waals surface area contributed by atoms with Crippen molar-refractivity contribution in [1.29, 1.82) is 0 Å². The molecule has 0 bridgehead atoms. The van der Waals surface area contributed by atoms with E-state index in [9.17, 15) is 4.79 Å². The molecule has 1 aromatic heterocycles. The summed E-state index contributed by atoms with van der Waals surface area (Å²) in [7, 11) is 1.54. The van der Waals surface area contributed by atoms with Crippen LogP contribution in [-0.4, -0.2) is 22.7 Å². The molecule has 0 aliphatic heterocycles. The summed E-state index contributed by atoms with van der Waals surface area (Å²) in [5.74, 6) is -0.0973. The highest BCUT2D eigenvalue weighted by Gasteiger charge is 2.26. The quantitative estimate of drug-likeness (QED) is 0.794. The number of hydrogen-bond acceptors (Lipinski definition) is 3. The minimum atomic E-state index is -0.612. The van der Waals surface area contributed by atoms with Gasteiger partial charge in [0, 0.05) is 13.7 Å². The van der Waals surface area contributed by atoms with Crippen molar-refractivity contribution in [3.63, 3.8) is 0 Å². The fraction of sp³-hybridized carbons (Fsp3) is 0.286. The molecule has 1 atom stereocenters. The van der Waals surface area contributed by atoms with E-state index in [0.717, 1.165) is 5.56 Å². The summed E-state index contributed by atoms with van der Waals surface area (Å²) >= 11 is 3.37. The van der Waals surface area contributed by atoms with E-state index in [4.69, 9.17) is 4.74 Å². The number of ketones is 1. The van der Waals surface area contributed by atoms with E-state index in [0.29, 0.717) is 16.7 Å². The Hall–Kier alpha value is -1.46. The Morgan fingerprint density at radius 3 is 2.68 bits per heavy atom. The molecular weight excluding hydrogens is 308 g/mol. The van der Waals surface area contributed by atoms with Crippen LogP contribution in [0.2, 0.25) is 0 Å². The van der Waals surface area contributed by atoms with Gasteiger partial charge in [-0.2, -0.15) is 5.10 Å². The van der Waals surface area contributed by atoms with E-state index >= 15 is 0 Å². The van der Waals surface area contributed by atoms with Crippen molar-refractivity contribution in [3.05, 3.63) is 52.3 Å². The van der Waals surface area contributed by atoms with Crippen LogP contribution in [0.1, 0.15) is 29.1 Å². The van der Waals surface area contributed by atoms with E-state index < -0.39 is 6.10 Å². The Bertz CT molecular complexity index is 566. The minimum absolute atomic E-state index is 0.0973. The first-order valence-corrected chi connectivity index (χ1v) is 6.81. The summed E-state index contributed by atoms with van der Waals surface area (Å²) in [6.07, 6.45) is 1.02. The number of halogens is 1. The fourth-order valence-electron chi connectivity index (χ4n) is 1.99. The number of carbonyl (C=O) groups is 1.